The van der Waals surface area contributed by atoms with Crippen LogP contribution in [0.4, 0.5) is 0 Å². The second-order valence-electron chi connectivity index (χ2n) is 5.44. The normalized spacial score (nSPS) is 15.7. The minimum atomic E-state index is 0.627. The number of nitrogens with one attached hydrogen (secondary N) is 1. The number of benzene rings is 1. The first-order valence-corrected chi connectivity index (χ1v) is 9.33. The molecule has 2 nitrogen and oxygen atoms in total. The molecule has 0 aromatic heterocycles. The molecule has 1 saturated carbocycles. The summed E-state index contributed by atoms with van der Waals surface area (Å²) in [5, 5.41) is 5.04. The second-order valence-corrected chi connectivity index (χ2v) is 7.43. The van der Waals surface area contributed by atoms with Gasteiger partial charge >= 0.3 is 0 Å². The summed E-state index contributed by atoms with van der Waals surface area (Å²) >= 11 is 13.2. The van der Waals surface area contributed by atoms with Gasteiger partial charge in [-0.15, -0.1) is 11.8 Å². The van der Waals surface area contributed by atoms with Crippen LogP contribution in [0.5, 0.6) is 0 Å². The van der Waals surface area contributed by atoms with Gasteiger partial charge in [0.05, 0.1) is 0 Å². The maximum atomic E-state index is 5.88. The Labute approximate surface area is 142 Å². The van der Waals surface area contributed by atoms with Gasteiger partial charge in [-0.2, -0.15) is 0 Å². The quantitative estimate of drug-likeness (QED) is 0.478. The maximum absolute atomic E-state index is 5.88. The fraction of sp³-hybridized carbons (Fsp3) is 0.562. The summed E-state index contributed by atoms with van der Waals surface area (Å²) in [7, 11) is 2.12. The van der Waals surface area contributed by atoms with Crippen LogP contribution in [-0.4, -0.2) is 35.4 Å². The molecule has 0 bridgehead atoms. The van der Waals surface area contributed by atoms with Crippen molar-refractivity contribution in [2.45, 2.75) is 43.0 Å². The minimum absolute atomic E-state index is 0.627. The number of hydrogen-bond donors (Lipinski definition) is 1. The Kier molecular flexibility index (Phi) is 7.14. The summed E-state index contributed by atoms with van der Waals surface area (Å²) < 4.78 is 0. The molecular formula is C16H23ClN2S2. The fourth-order valence-electron chi connectivity index (χ4n) is 2.62. The van der Waals surface area contributed by atoms with E-state index in [9.17, 15) is 0 Å². The fourth-order valence-corrected chi connectivity index (χ4v) is 3.76. The molecule has 0 spiro atoms. The van der Waals surface area contributed by atoms with Crippen molar-refractivity contribution >= 4 is 40.7 Å². The van der Waals surface area contributed by atoms with Crippen molar-refractivity contribution in [1.29, 1.82) is 0 Å². The van der Waals surface area contributed by atoms with Crippen LogP contribution < -0.4 is 5.32 Å². The molecule has 1 aliphatic carbocycles. The summed E-state index contributed by atoms with van der Waals surface area (Å²) in [6, 6.07) is 8.60. The first-order chi connectivity index (χ1) is 10.2. The van der Waals surface area contributed by atoms with Crippen LogP contribution in [0.2, 0.25) is 5.02 Å². The van der Waals surface area contributed by atoms with E-state index in [1.807, 2.05) is 23.9 Å². The maximum Gasteiger partial charge on any atom is 0.168 e. The average molecular weight is 343 g/mol. The van der Waals surface area contributed by atoms with Crippen LogP contribution in [0.1, 0.15) is 32.1 Å². The Bertz CT molecular complexity index is 444. The largest absolute Gasteiger partial charge is 0.362 e. The number of thiocarbonyl (C=S) groups is 1. The highest BCUT2D eigenvalue weighted by atomic mass is 35.5. The minimum Gasteiger partial charge on any atom is -0.362 e. The van der Waals surface area contributed by atoms with E-state index in [-0.39, 0.29) is 0 Å². The molecule has 0 radical (unpaired) electrons. The second kappa shape index (κ2) is 8.86. The van der Waals surface area contributed by atoms with Crippen molar-refractivity contribution in [3.63, 3.8) is 0 Å². The topological polar surface area (TPSA) is 15.3 Å². The third kappa shape index (κ3) is 5.68. The summed E-state index contributed by atoms with van der Waals surface area (Å²) in [6.07, 6.45) is 6.60. The molecule has 1 fully saturated rings. The van der Waals surface area contributed by atoms with Crippen LogP contribution in [0.15, 0.2) is 29.2 Å². The Hall–Kier alpha value is -0.450. The van der Waals surface area contributed by atoms with Crippen molar-refractivity contribution in [2.24, 2.45) is 0 Å². The van der Waals surface area contributed by atoms with Crippen LogP contribution in [0.3, 0.4) is 0 Å². The van der Waals surface area contributed by atoms with Crippen molar-refractivity contribution in [3.05, 3.63) is 29.3 Å². The van der Waals surface area contributed by atoms with E-state index in [1.165, 1.54) is 37.0 Å². The first-order valence-electron chi connectivity index (χ1n) is 7.56. The van der Waals surface area contributed by atoms with E-state index in [1.54, 1.807) is 0 Å². The molecule has 0 unspecified atom stereocenters. The Balaban J connectivity index is 1.65. The molecule has 1 aromatic carbocycles. The van der Waals surface area contributed by atoms with E-state index < -0.39 is 0 Å². The molecule has 5 heteroatoms. The third-order valence-electron chi connectivity index (χ3n) is 3.90. The van der Waals surface area contributed by atoms with Crippen molar-refractivity contribution in [1.82, 2.24) is 10.2 Å². The predicted octanol–water partition coefficient (Wildman–Crippen LogP) is 4.57. The predicted molar refractivity (Wildman–Crippen MR) is 97.4 cm³/mol. The summed E-state index contributed by atoms with van der Waals surface area (Å²) in [4.78, 5) is 3.49. The van der Waals surface area contributed by atoms with Crippen LogP contribution in [0, 0.1) is 0 Å². The lowest BCUT2D eigenvalue weighted by Crippen LogP contribution is -2.44. The number of rotatable bonds is 5. The van der Waals surface area contributed by atoms with Gasteiger partial charge in [-0.25, -0.2) is 0 Å². The molecule has 1 N–H and O–H groups in total. The number of halogens is 1. The van der Waals surface area contributed by atoms with E-state index in [0.717, 1.165) is 22.4 Å². The highest BCUT2D eigenvalue weighted by molar-refractivity contribution is 7.99. The Morgan fingerprint density at radius 1 is 1.29 bits per heavy atom. The lowest BCUT2D eigenvalue weighted by atomic mass is 9.95. The van der Waals surface area contributed by atoms with Crippen molar-refractivity contribution < 1.29 is 0 Å². The number of thioether (sulfide) groups is 1. The van der Waals surface area contributed by atoms with Gasteiger partial charge in [-0.05, 0) is 49.3 Å². The third-order valence-corrected chi connectivity index (χ3v) is 5.60. The molecule has 0 aliphatic heterocycles. The first kappa shape index (κ1) is 16.9. The standard InChI is InChI=1S/C16H23ClN2S2/c1-19(14-5-3-2-4-6-14)16(20)18-11-12-21-15-9-7-13(17)8-10-15/h7-10,14H,2-6,11-12H2,1H3,(H,18,20). The summed E-state index contributed by atoms with van der Waals surface area (Å²) in [5.41, 5.74) is 0. The van der Waals surface area contributed by atoms with Crippen molar-refractivity contribution in [2.75, 3.05) is 19.3 Å². The molecule has 21 heavy (non-hydrogen) atoms. The summed E-state index contributed by atoms with van der Waals surface area (Å²) in [5.74, 6) is 1.00. The van der Waals surface area contributed by atoms with Crippen LogP contribution in [0.25, 0.3) is 0 Å². The molecule has 1 aromatic rings. The van der Waals surface area contributed by atoms with Crippen molar-refractivity contribution in [3.8, 4) is 0 Å². The van der Waals surface area contributed by atoms with E-state index in [4.69, 9.17) is 23.8 Å². The van der Waals surface area contributed by atoms with Gasteiger partial charge in [0.15, 0.2) is 5.11 Å². The lowest BCUT2D eigenvalue weighted by molar-refractivity contribution is 0.276. The van der Waals surface area contributed by atoms with Gasteiger partial charge in [0, 0.05) is 35.3 Å². The Morgan fingerprint density at radius 3 is 2.62 bits per heavy atom. The SMILES string of the molecule is CN(C(=S)NCCSc1ccc(Cl)cc1)C1CCCCC1. The van der Waals surface area contributed by atoms with Gasteiger partial charge in [0.2, 0.25) is 0 Å². The van der Waals surface area contributed by atoms with Crippen LogP contribution in [-0.2, 0) is 0 Å². The Morgan fingerprint density at radius 2 is 1.95 bits per heavy atom. The zero-order chi connectivity index (χ0) is 15.1. The number of nitrogens with zero attached hydrogens (tertiary/aromatic N) is 1. The summed E-state index contributed by atoms with van der Waals surface area (Å²) in [6.45, 7) is 0.892. The van der Waals surface area contributed by atoms with Gasteiger partial charge in [-0.1, -0.05) is 30.9 Å². The lowest BCUT2D eigenvalue weighted by Gasteiger charge is -2.33. The van der Waals surface area contributed by atoms with E-state index >= 15 is 0 Å². The molecule has 116 valence electrons. The molecule has 0 atom stereocenters. The van der Waals surface area contributed by atoms with Gasteiger partial charge < -0.3 is 10.2 Å². The van der Waals surface area contributed by atoms with Gasteiger partial charge in [-0.3, -0.25) is 0 Å². The average Bonchev–Trinajstić information content (AvgIpc) is 2.53. The van der Waals surface area contributed by atoms with E-state index in [2.05, 4.69) is 29.4 Å². The zero-order valence-electron chi connectivity index (χ0n) is 12.5. The highest BCUT2D eigenvalue weighted by Crippen LogP contribution is 2.22. The smallest absolute Gasteiger partial charge is 0.168 e. The highest BCUT2D eigenvalue weighted by Gasteiger charge is 2.19. The molecule has 0 saturated heterocycles. The molecule has 2 rings (SSSR count). The van der Waals surface area contributed by atoms with E-state index in [0.29, 0.717) is 6.04 Å². The van der Waals surface area contributed by atoms with Gasteiger partial charge in [0.1, 0.15) is 0 Å². The van der Waals surface area contributed by atoms with Gasteiger partial charge in [0.25, 0.3) is 0 Å². The number of hydrogen-bond acceptors (Lipinski definition) is 2. The van der Waals surface area contributed by atoms with Crippen LogP contribution >= 0.6 is 35.6 Å². The zero-order valence-corrected chi connectivity index (χ0v) is 14.9. The molecular weight excluding hydrogens is 320 g/mol. The molecule has 0 heterocycles. The molecule has 1 aliphatic rings. The monoisotopic (exact) mass is 342 g/mol. The molecule has 0 amide bonds.